The van der Waals surface area contributed by atoms with Gasteiger partial charge in [-0.3, -0.25) is 4.79 Å². The Kier molecular flexibility index (Phi) is 6.11. The van der Waals surface area contributed by atoms with E-state index in [1.165, 1.54) is 0 Å². The number of hydrazone groups is 1. The molecule has 28 heavy (non-hydrogen) atoms. The molecule has 0 radical (unpaired) electrons. The van der Waals surface area contributed by atoms with Crippen LogP contribution < -0.4 is 14.9 Å². The summed E-state index contributed by atoms with van der Waals surface area (Å²) in [6.07, 6.45) is 3.96. The lowest BCUT2D eigenvalue weighted by atomic mass is 10.1. The number of hydrogen-bond acceptors (Lipinski definition) is 5. The SMILES string of the molecule is C=CCc1cc(/C=N/NC(=O)c2cc3ccccc3o2)cc(OCC)c1OC. The van der Waals surface area contributed by atoms with Gasteiger partial charge in [0.25, 0.3) is 0 Å². The minimum atomic E-state index is -0.419. The van der Waals surface area contributed by atoms with Crippen LogP contribution in [-0.4, -0.2) is 25.8 Å². The number of allylic oxidation sites excluding steroid dienone is 1. The fraction of sp³-hybridized carbons (Fsp3) is 0.182. The zero-order valence-electron chi connectivity index (χ0n) is 15.9. The van der Waals surface area contributed by atoms with Gasteiger partial charge in [0.2, 0.25) is 0 Å². The van der Waals surface area contributed by atoms with Gasteiger partial charge in [-0.2, -0.15) is 5.10 Å². The van der Waals surface area contributed by atoms with Crippen LogP contribution in [0.15, 0.2) is 64.6 Å². The van der Waals surface area contributed by atoms with Gasteiger partial charge in [0.1, 0.15) is 5.58 Å². The molecule has 1 amide bonds. The van der Waals surface area contributed by atoms with Crippen LogP contribution in [0.5, 0.6) is 11.5 Å². The third-order valence-electron chi connectivity index (χ3n) is 4.05. The summed E-state index contributed by atoms with van der Waals surface area (Å²) in [5.74, 6) is 1.08. The molecule has 0 saturated carbocycles. The van der Waals surface area contributed by atoms with E-state index in [0.29, 0.717) is 30.1 Å². The summed E-state index contributed by atoms with van der Waals surface area (Å²) in [6.45, 7) is 6.19. The van der Waals surface area contributed by atoms with Gasteiger partial charge in [0.15, 0.2) is 17.3 Å². The van der Waals surface area contributed by atoms with Crippen LogP contribution in [0.25, 0.3) is 11.0 Å². The Hall–Kier alpha value is -3.54. The van der Waals surface area contributed by atoms with E-state index in [9.17, 15) is 4.79 Å². The molecule has 0 atom stereocenters. The quantitative estimate of drug-likeness (QED) is 0.360. The molecule has 144 valence electrons. The van der Waals surface area contributed by atoms with Crippen LogP contribution in [0.1, 0.15) is 28.6 Å². The molecule has 0 spiro atoms. The van der Waals surface area contributed by atoms with Gasteiger partial charge in [-0.05, 0) is 43.2 Å². The molecule has 0 bridgehead atoms. The van der Waals surface area contributed by atoms with Crippen molar-refractivity contribution >= 4 is 23.1 Å². The van der Waals surface area contributed by atoms with E-state index in [4.69, 9.17) is 13.9 Å². The van der Waals surface area contributed by atoms with Crippen molar-refractivity contribution in [2.75, 3.05) is 13.7 Å². The molecule has 1 heterocycles. The van der Waals surface area contributed by atoms with E-state index < -0.39 is 5.91 Å². The van der Waals surface area contributed by atoms with E-state index >= 15 is 0 Å². The first-order chi connectivity index (χ1) is 13.7. The molecule has 2 aromatic carbocycles. The molecule has 3 aromatic rings. The van der Waals surface area contributed by atoms with Gasteiger partial charge in [-0.25, -0.2) is 5.43 Å². The smallest absolute Gasteiger partial charge is 0.307 e. The maximum Gasteiger partial charge on any atom is 0.307 e. The normalized spacial score (nSPS) is 10.9. The number of nitrogens with zero attached hydrogens (tertiary/aromatic N) is 1. The highest BCUT2D eigenvalue weighted by Gasteiger charge is 2.13. The second-order valence-electron chi connectivity index (χ2n) is 5.98. The molecule has 1 N–H and O–H groups in total. The molecule has 3 rings (SSSR count). The molecule has 0 saturated heterocycles. The second kappa shape index (κ2) is 8.90. The predicted octanol–water partition coefficient (Wildman–Crippen LogP) is 4.33. The first-order valence-electron chi connectivity index (χ1n) is 8.92. The molecule has 6 nitrogen and oxygen atoms in total. The van der Waals surface area contributed by atoms with Gasteiger partial charge in [0, 0.05) is 10.9 Å². The minimum absolute atomic E-state index is 0.204. The third kappa shape index (κ3) is 4.23. The third-order valence-corrected chi connectivity index (χ3v) is 4.05. The summed E-state index contributed by atoms with van der Waals surface area (Å²) in [5, 5.41) is 4.90. The summed E-state index contributed by atoms with van der Waals surface area (Å²) in [7, 11) is 1.60. The van der Waals surface area contributed by atoms with E-state index in [0.717, 1.165) is 16.5 Å². The first kappa shape index (κ1) is 19.2. The zero-order valence-corrected chi connectivity index (χ0v) is 15.9. The molecule has 0 aliphatic rings. The van der Waals surface area contributed by atoms with E-state index in [-0.39, 0.29) is 5.76 Å². The fourth-order valence-electron chi connectivity index (χ4n) is 2.87. The Bertz CT molecular complexity index is 988. The lowest BCUT2D eigenvalue weighted by Crippen LogP contribution is -2.16. The number of methoxy groups -OCH3 is 1. The fourth-order valence-corrected chi connectivity index (χ4v) is 2.87. The summed E-state index contributed by atoms with van der Waals surface area (Å²) >= 11 is 0. The second-order valence-corrected chi connectivity index (χ2v) is 5.98. The molecule has 1 aromatic heterocycles. The zero-order chi connectivity index (χ0) is 19.9. The Morgan fingerprint density at radius 3 is 2.82 bits per heavy atom. The molecule has 0 aliphatic heterocycles. The van der Waals surface area contributed by atoms with Gasteiger partial charge in [-0.15, -0.1) is 6.58 Å². The van der Waals surface area contributed by atoms with Gasteiger partial charge in [0.05, 0.1) is 19.9 Å². The Balaban J connectivity index is 1.78. The summed E-state index contributed by atoms with van der Waals surface area (Å²) in [5.41, 5.74) is 4.83. The number of benzene rings is 2. The highest BCUT2D eigenvalue weighted by atomic mass is 16.5. The average molecular weight is 378 g/mol. The van der Waals surface area contributed by atoms with E-state index in [1.807, 2.05) is 43.3 Å². The number of ether oxygens (including phenoxy) is 2. The lowest BCUT2D eigenvalue weighted by molar-refractivity contribution is 0.0929. The van der Waals surface area contributed by atoms with Crippen LogP contribution in [0.3, 0.4) is 0 Å². The van der Waals surface area contributed by atoms with E-state index in [1.54, 1.807) is 25.5 Å². The number of furan rings is 1. The van der Waals surface area contributed by atoms with Crippen molar-refractivity contribution in [3.63, 3.8) is 0 Å². The Morgan fingerprint density at radius 2 is 2.11 bits per heavy atom. The number of hydrogen-bond donors (Lipinski definition) is 1. The van der Waals surface area contributed by atoms with Crippen molar-refractivity contribution < 1.29 is 18.7 Å². The van der Waals surface area contributed by atoms with Crippen LogP contribution in [0.4, 0.5) is 0 Å². The van der Waals surface area contributed by atoms with Crippen molar-refractivity contribution in [3.8, 4) is 11.5 Å². The minimum Gasteiger partial charge on any atom is -0.493 e. The topological polar surface area (TPSA) is 73.1 Å². The predicted molar refractivity (Wildman–Crippen MR) is 109 cm³/mol. The van der Waals surface area contributed by atoms with Crippen LogP contribution in [0, 0.1) is 0 Å². The number of para-hydroxylation sites is 1. The van der Waals surface area contributed by atoms with Crippen LogP contribution >= 0.6 is 0 Å². The van der Waals surface area contributed by atoms with Crippen molar-refractivity contribution in [1.82, 2.24) is 5.43 Å². The van der Waals surface area contributed by atoms with Crippen LogP contribution in [0.2, 0.25) is 0 Å². The summed E-state index contributed by atoms with van der Waals surface area (Å²) in [4.78, 5) is 12.3. The average Bonchev–Trinajstić information content (AvgIpc) is 3.13. The van der Waals surface area contributed by atoms with Crippen molar-refractivity contribution in [3.05, 3.63) is 72.0 Å². The van der Waals surface area contributed by atoms with Crippen molar-refractivity contribution in [1.29, 1.82) is 0 Å². The van der Waals surface area contributed by atoms with Crippen molar-refractivity contribution in [2.45, 2.75) is 13.3 Å². The summed E-state index contributed by atoms with van der Waals surface area (Å²) < 4.78 is 16.7. The highest BCUT2D eigenvalue weighted by molar-refractivity contribution is 5.96. The molecule has 0 aliphatic carbocycles. The maximum atomic E-state index is 12.3. The highest BCUT2D eigenvalue weighted by Crippen LogP contribution is 2.33. The molecular formula is C22H22N2O4. The Labute approximate surface area is 163 Å². The molecule has 6 heteroatoms. The number of amides is 1. The lowest BCUT2D eigenvalue weighted by Gasteiger charge is -2.14. The van der Waals surface area contributed by atoms with Gasteiger partial charge >= 0.3 is 5.91 Å². The molecule has 0 unspecified atom stereocenters. The number of carbonyl (C=O) groups is 1. The maximum absolute atomic E-state index is 12.3. The Morgan fingerprint density at radius 1 is 1.29 bits per heavy atom. The van der Waals surface area contributed by atoms with Crippen LogP contribution in [-0.2, 0) is 6.42 Å². The monoisotopic (exact) mass is 378 g/mol. The molecule has 0 fully saturated rings. The van der Waals surface area contributed by atoms with Gasteiger partial charge < -0.3 is 13.9 Å². The standard InChI is InChI=1S/C22H22N2O4/c1-4-8-17-11-15(12-19(27-5-2)21(17)26-3)14-23-24-22(25)20-13-16-9-6-7-10-18(16)28-20/h4,6-7,9-14H,1,5,8H2,2-3H3,(H,24,25)/b23-14+. The van der Waals surface area contributed by atoms with E-state index in [2.05, 4.69) is 17.1 Å². The van der Waals surface area contributed by atoms with Crippen molar-refractivity contribution in [2.24, 2.45) is 5.10 Å². The molecular weight excluding hydrogens is 356 g/mol. The number of carbonyl (C=O) groups excluding carboxylic acids is 1. The first-order valence-corrected chi connectivity index (χ1v) is 8.92. The largest absolute Gasteiger partial charge is 0.493 e. The number of nitrogens with one attached hydrogen (secondary N) is 1. The van der Waals surface area contributed by atoms with Gasteiger partial charge in [-0.1, -0.05) is 24.3 Å². The number of rotatable bonds is 8. The summed E-state index contributed by atoms with van der Waals surface area (Å²) in [6, 6.07) is 12.8. The number of fused-ring (bicyclic) bond motifs is 1.